The van der Waals surface area contributed by atoms with E-state index in [0.29, 0.717) is 27.7 Å². The minimum absolute atomic E-state index is 0.0891. The first-order valence-electron chi connectivity index (χ1n) is 9.68. The largest absolute Gasteiger partial charge is 0.388 e. The van der Waals surface area contributed by atoms with Gasteiger partial charge in [0.05, 0.1) is 9.90 Å². The number of thiophene rings is 1. The molecular weight excluding hydrogens is 498 g/mol. The monoisotopic (exact) mass is 513 g/mol. The summed E-state index contributed by atoms with van der Waals surface area (Å²) in [6.07, 6.45) is 1.46. The summed E-state index contributed by atoms with van der Waals surface area (Å²) in [5.74, 6) is 0. The third kappa shape index (κ3) is 4.60. The second kappa shape index (κ2) is 9.18. The number of carbonyl (C=O) groups excluding carboxylic acids is 1. The van der Waals surface area contributed by atoms with Crippen LogP contribution in [0.1, 0.15) is 5.56 Å². The summed E-state index contributed by atoms with van der Waals surface area (Å²) in [5.41, 5.74) is 1.56. The zero-order valence-corrected chi connectivity index (χ0v) is 19.9. The highest BCUT2D eigenvalue weighted by Gasteiger charge is 2.20. The summed E-state index contributed by atoms with van der Waals surface area (Å²) in [7, 11) is -2.31. The first-order valence-corrected chi connectivity index (χ1v) is 12.4. The lowest BCUT2D eigenvalue weighted by Crippen LogP contribution is -2.33. The molecule has 0 fully saturated rings. The molecule has 4 aromatic rings. The van der Waals surface area contributed by atoms with Crippen LogP contribution in [0.4, 0.5) is 16.2 Å². The highest BCUT2D eigenvalue weighted by molar-refractivity contribution is 7.92. The maximum atomic E-state index is 13.0. The van der Waals surface area contributed by atoms with Crippen LogP contribution >= 0.6 is 22.9 Å². The number of carbonyl (C=O) groups is 1. The number of rotatable bonds is 5. The van der Waals surface area contributed by atoms with Crippen molar-refractivity contribution in [2.75, 3.05) is 17.7 Å². The number of hydrogen-bond donors (Lipinski definition) is 3. The molecule has 0 bridgehead atoms. The average Bonchev–Trinajstić information content (AvgIpc) is 3.27. The number of halogens is 1. The smallest absolute Gasteiger partial charge is 0.333 e. The van der Waals surface area contributed by atoms with Crippen LogP contribution in [0.25, 0.3) is 16.5 Å². The molecule has 0 atom stereocenters. The lowest BCUT2D eigenvalue weighted by Gasteiger charge is -2.12. The van der Waals surface area contributed by atoms with Crippen molar-refractivity contribution in [2.24, 2.45) is 0 Å². The summed E-state index contributed by atoms with van der Waals surface area (Å²) in [4.78, 5) is 25.2. The van der Waals surface area contributed by atoms with Crippen molar-refractivity contribution >= 4 is 61.1 Å². The first-order chi connectivity index (χ1) is 16.2. The molecule has 34 heavy (non-hydrogen) atoms. The van der Waals surface area contributed by atoms with Gasteiger partial charge in [-0.05, 0) is 54.6 Å². The summed E-state index contributed by atoms with van der Waals surface area (Å²) in [5, 5.41) is 15.9. The van der Waals surface area contributed by atoms with Crippen molar-refractivity contribution in [1.29, 1.82) is 5.26 Å². The molecule has 0 unspecified atom stereocenters. The van der Waals surface area contributed by atoms with Gasteiger partial charge in [0.2, 0.25) is 0 Å². The SMILES string of the molecule is CNc1ccc2c(=O)n(-c3ccc(NC(=O)NS(=O)(=O)c4ccc(Cl)s4)cc3)cc(C#N)c2c1. The number of nitriles is 1. The molecule has 0 spiro atoms. The van der Waals surface area contributed by atoms with Gasteiger partial charge in [0, 0.05) is 41.1 Å². The minimum atomic E-state index is -4.06. The van der Waals surface area contributed by atoms with Crippen LogP contribution < -0.4 is 20.9 Å². The summed E-state index contributed by atoms with van der Waals surface area (Å²) >= 11 is 6.58. The number of nitrogens with zero attached hydrogens (tertiary/aromatic N) is 2. The van der Waals surface area contributed by atoms with Crippen LogP contribution in [-0.4, -0.2) is 26.1 Å². The van der Waals surface area contributed by atoms with Gasteiger partial charge in [0.25, 0.3) is 15.6 Å². The second-order valence-electron chi connectivity index (χ2n) is 7.01. The number of anilines is 2. The van der Waals surface area contributed by atoms with E-state index in [1.165, 1.54) is 35.0 Å². The fourth-order valence-corrected chi connectivity index (χ4v) is 5.64. The number of urea groups is 1. The Labute approximate surface area is 203 Å². The number of nitrogens with one attached hydrogen (secondary N) is 3. The predicted molar refractivity (Wildman–Crippen MR) is 132 cm³/mol. The Kier molecular flexibility index (Phi) is 6.30. The molecule has 12 heteroatoms. The number of sulfonamides is 1. The third-order valence-corrected chi connectivity index (χ3v) is 7.92. The van der Waals surface area contributed by atoms with Crippen LogP contribution in [0, 0.1) is 11.3 Å². The van der Waals surface area contributed by atoms with Gasteiger partial charge in [-0.1, -0.05) is 11.6 Å². The molecule has 2 amide bonds. The maximum Gasteiger partial charge on any atom is 0.333 e. The quantitative estimate of drug-likeness (QED) is 0.367. The molecule has 172 valence electrons. The van der Waals surface area contributed by atoms with Gasteiger partial charge in [0.15, 0.2) is 0 Å². The van der Waals surface area contributed by atoms with Gasteiger partial charge in [0.1, 0.15) is 10.3 Å². The van der Waals surface area contributed by atoms with E-state index in [2.05, 4.69) is 16.7 Å². The van der Waals surface area contributed by atoms with E-state index in [1.54, 1.807) is 37.4 Å². The molecule has 0 saturated heterocycles. The van der Waals surface area contributed by atoms with E-state index >= 15 is 0 Å². The van der Waals surface area contributed by atoms with E-state index in [4.69, 9.17) is 11.6 Å². The van der Waals surface area contributed by atoms with Crippen molar-refractivity contribution in [1.82, 2.24) is 9.29 Å². The molecule has 4 rings (SSSR count). The van der Waals surface area contributed by atoms with Crippen molar-refractivity contribution in [3.8, 4) is 11.8 Å². The van der Waals surface area contributed by atoms with Crippen LogP contribution in [0.5, 0.6) is 0 Å². The number of benzene rings is 2. The number of aromatic nitrogens is 1. The molecule has 2 aromatic carbocycles. The molecule has 2 aromatic heterocycles. The Bertz CT molecular complexity index is 1620. The van der Waals surface area contributed by atoms with E-state index in [-0.39, 0.29) is 14.1 Å². The Morgan fingerprint density at radius 3 is 2.38 bits per heavy atom. The second-order valence-corrected chi connectivity index (χ2v) is 10.6. The molecule has 0 aliphatic carbocycles. The van der Waals surface area contributed by atoms with E-state index in [0.717, 1.165) is 17.0 Å². The van der Waals surface area contributed by atoms with E-state index in [9.17, 15) is 23.3 Å². The summed E-state index contributed by atoms with van der Waals surface area (Å²) < 4.78 is 27.9. The Morgan fingerprint density at radius 1 is 1.06 bits per heavy atom. The van der Waals surface area contributed by atoms with Gasteiger partial charge < -0.3 is 10.6 Å². The van der Waals surface area contributed by atoms with Crippen molar-refractivity contribution in [3.63, 3.8) is 0 Å². The predicted octanol–water partition coefficient (Wildman–Crippen LogP) is 4.13. The average molecular weight is 514 g/mol. The lowest BCUT2D eigenvalue weighted by atomic mass is 10.1. The fraction of sp³-hybridized carbons (Fsp3) is 0.0455. The van der Waals surface area contributed by atoms with Crippen molar-refractivity contribution < 1.29 is 13.2 Å². The number of amides is 2. The first kappa shape index (κ1) is 23.3. The van der Waals surface area contributed by atoms with E-state index in [1.807, 2.05) is 4.72 Å². The van der Waals surface area contributed by atoms with Crippen molar-refractivity contribution in [2.45, 2.75) is 4.21 Å². The molecular formula is C22H16ClN5O4S2. The number of pyridine rings is 1. The van der Waals surface area contributed by atoms with Gasteiger partial charge in [-0.15, -0.1) is 11.3 Å². The van der Waals surface area contributed by atoms with Crippen LogP contribution in [0.3, 0.4) is 0 Å². The van der Waals surface area contributed by atoms with Gasteiger partial charge in [-0.2, -0.15) is 5.26 Å². The topological polar surface area (TPSA) is 133 Å². The Morgan fingerprint density at radius 2 is 1.76 bits per heavy atom. The molecule has 2 heterocycles. The van der Waals surface area contributed by atoms with Gasteiger partial charge >= 0.3 is 6.03 Å². The van der Waals surface area contributed by atoms with Crippen LogP contribution in [-0.2, 0) is 10.0 Å². The minimum Gasteiger partial charge on any atom is -0.388 e. The molecule has 0 saturated carbocycles. The molecule has 0 radical (unpaired) electrons. The zero-order chi connectivity index (χ0) is 24.5. The fourth-order valence-electron chi connectivity index (χ4n) is 3.25. The summed E-state index contributed by atoms with van der Waals surface area (Å²) in [6, 6.07) is 15.2. The molecule has 0 aliphatic rings. The van der Waals surface area contributed by atoms with Crippen molar-refractivity contribution in [3.05, 3.63) is 81.0 Å². The van der Waals surface area contributed by atoms with Gasteiger partial charge in [-0.25, -0.2) is 17.9 Å². The van der Waals surface area contributed by atoms with E-state index < -0.39 is 16.1 Å². The standard InChI is InChI=1S/C22H16ClN5O4S2/c1-25-15-4-7-17-18(10-15)13(11-24)12-28(21(17)29)16-5-2-14(3-6-16)26-22(30)27-34(31,32)20-9-8-19(23)33-20/h2-10,12,25H,1H3,(H2,26,27,30). The highest BCUT2D eigenvalue weighted by atomic mass is 35.5. The zero-order valence-electron chi connectivity index (χ0n) is 17.5. The van der Waals surface area contributed by atoms with Crippen LogP contribution in [0.15, 0.2) is 69.8 Å². The molecule has 9 nitrogen and oxygen atoms in total. The normalized spacial score (nSPS) is 11.1. The third-order valence-electron chi connectivity index (χ3n) is 4.87. The molecule has 3 N–H and O–H groups in total. The Hall–Kier alpha value is -3.85. The number of hydrogen-bond acceptors (Lipinski definition) is 7. The Balaban J connectivity index is 1.58. The number of fused-ring (bicyclic) bond motifs is 1. The summed E-state index contributed by atoms with van der Waals surface area (Å²) in [6.45, 7) is 0. The maximum absolute atomic E-state index is 13.0. The van der Waals surface area contributed by atoms with Gasteiger partial charge in [-0.3, -0.25) is 9.36 Å². The van der Waals surface area contributed by atoms with Crippen LogP contribution in [0.2, 0.25) is 4.34 Å². The highest BCUT2D eigenvalue weighted by Crippen LogP contribution is 2.25. The lowest BCUT2D eigenvalue weighted by molar-refractivity contribution is 0.256. The molecule has 0 aliphatic heterocycles.